The van der Waals surface area contributed by atoms with Gasteiger partial charge in [-0.3, -0.25) is 10.1 Å². The molecule has 3 aliphatic rings. The number of rotatable bonds is 6. The highest BCUT2D eigenvalue weighted by molar-refractivity contribution is 5.84. The van der Waals surface area contributed by atoms with Gasteiger partial charge >= 0.3 is 6.09 Å². The molecule has 2 aliphatic carbocycles. The maximum atomic E-state index is 13.2. The number of nitrogens with one attached hydrogen (secondary N) is 1. The summed E-state index contributed by atoms with van der Waals surface area (Å²) in [7, 11) is 0. The van der Waals surface area contributed by atoms with Crippen LogP contribution in [0.5, 0.6) is 0 Å². The molecule has 2 saturated carbocycles. The number of fused-ring (bicyclic) bond motifs is 1. The standard InChI is InChI=1S/C27H40N2O6/c1-26-13-12-23(35-25(34)28-18-7-4-3-5-8-18)27(2,17-31)22(26)11-10-21(32)20(26)15-24(33)29-14-6-9-19(29)16-30/h3-5,7-8,19-23,30-32H,6,9-17H2,1-2H3,(H,28,34)/t19-,20+,21+,22-,23+,26-,27-/m0/s1. The van der Waals surface area contributed by atoms with Crippen molar-refractivity contribution in [1.29, 1.82) is 0 Å². The number of nitrogens with zero attached hydrogens (tertiary/aromatic N) is 1. The van der Waals surface area contributed by atoms with E-state index >= 15 is 0 Å². The van der Waals surface area contributed by atoms with E-state index in [2.05, 4.69) is 12.2 Å². The summed E-state index contributed by atoms with van der Waals surface area (Å²) < 4.78 is 5.87. The van der Waals surface area contributed by atoms with Gasteiger partial charge < -0.3 is 25.0 Å². The van der Waals surface area contributed by atoms with E-state index in [1.54, 1.807) is 17.0 Å². The highest BCUT2D eigenvalue weighted by atomic mass is 16.6. The molecule has 1 aliphatic heterocycles. The zero-order valence-corrected chi connectivity index (χ0v) is 20.9. The number of likely N-dealkylation sites (tertiary alicyclic amines) is 1. The van der Waals surface area contributed by atoms with Crippen LogP contribution in [0.15, 0.2) is 30.3 Å². The molecule has 35 heavy (non-hydrogen) atoms. The van der Waals surface area contributed by atoms with Gasteiger partial charge in [-0.05, 0) is 67.9 Å². The quantitative estimate of drug-likeness (QED) is 0.488. The van der Waals surface area contributed by atoms with Crippen LogP contribution in [0.25, 0.3) is 0 Å². The number of aliphatic hydroxyl groups is 3. The van der Waals surface area contributed by atoms with Crippen LogP contribution in [0.4, 0.5) is 10.5 Å². The number of hydrogen-bond acceptors (Lipinski definition) is 6. The van der Waals surface area contributed by atoms with Crippen molar-refractivity contribution in [1.82, 2.24) is 4.90 Å². The fourth-order valence-corrected chi connectivity index (χ4v) is 7.24. The Bertz CT molecular complexity index is 897. The summed E-state index contributed by atoms with van der Waals surface area (Å²) in [5.74, 6) is -0.283. The number of carbonyl (C=O) groups excluding carboxylic acids is 2. The van der Waals surface area contributed by atoms with Crippen LogP contribution in [-0.2, 0) is 9.53 Å². The summed E-state index contributed by atoms with van der Waals surface area (Å²) in [6, 6.07) is 8.97. The molecule has 2 amide bonds. The van der Waals surface area contributed by atoms with Crippen LogP contribution < -0.4 is 5.32 Å². The van der Waals surface area contributed by atoms with Crippen LogP contribution >= 0.6 is 0 Å². The minimum atomic E-state index is -0.691. The van der Waals surface area contributed by atoms with Gasteiger partial charge in [0.2, 0.25) is 5.91 Å². The Kier molecular flexibility index (Phi) is 7.74. The third kappa shape index (κ3) is 4.93. The molecule has 0 bridgehead atoms. The Morgan fingerprint density at radius 2 is 1.86 bits per heavy atom. The van der Waals surface area contributed by atoms with Crippen molar-refractivity contribution in [2.75, 3.05) is 25.1 Å². The third-order valence-electron chi connectivity index (χ3n) is 9.25. The molecule has 7 atom stereocenters. The van der Waals surface area contributed by atoms with Crippen molar-refractivity contribution < 1.29 is 29.6 Å². The lowest BCUT2D eigenvalue weighted by Gasteiger charge is -2.60. The first-order valence-electron chi connectivity index (χ1n) is 12.9. The second-order valence-corrected chi connectivity index (χ2v) is 11.2. The predicted molar refractivity (Wildman–Crippen MR) is 132 cm³/mol. The molecule has 0 unspecified atom stereocenters. The van der Waals surface area contributed by atoms with E-state index in [9.17, 15) is 24.9 Å². The van der Waals surface area contributed by atoms with E-state index in [-0.39, 0.29) is 48.8 Å². The van der Waals surface area contributed by atoms with Crippen molar-refractivity contribution in [3.63, 3.8) is 0 Å². The minimum Gasteiger partial charge on any atom is -0.445 e. The second kappa shape index (κ2) is 10.4. The topological polar surface area (TPSA) is 119 Å². The van der Waals surface area contributed by atoms with E-state index in [0.29, 0.717) is 37.9 Å². The van der Waals surface area contributed by atoms with Gasteiger partial charge in [0.05, 0.1) is 25.4 Å². The molecule has 1 heterocycles. The number of ether oxygens (including phenoxy) is 1. The lowest BCUT2D eigenvalue weighted by Crippen LogP contribution is -2.61. The molecule has 8 nitrogen and oxygen atoms in total. The van der Waals surface area contributed by atoms with Crippen LogP contribution in [0.1, 0.15) is 58.8 Å². The minimum absolute atomic E-state index is 0.0150. The molecule has 0 radical (unpaired) electrons. The maximum Gasteiger partial charge on any atom is 0.411 e. The number of anilines is 1. The lowest BCUT2D eigenvalue weighted by atomic mass is 9.46. The van der Waals surface area contributed by atoms with E-state index in [0.717, 1.165) is 12.8 Å². The Morgan fingerprint density at radius 1 is 1.11 bits per heavy atom. The average Bonchev–Trinajstić information content (AvgIpc) is 3.33. The number of para-hydroxylation sites is 1. The number of carbonyl (C=O) groups is 2. The van der Waals surface area contributed by atoms with Crippen molar-refractivity contribution >= 4 is 17.7 Å². The molecule has 4 rings (SSSR count). The second-order valence-electron chi connectivity index (χ2n) is 11.2. The number of aliphatic hydroxyl groups excluding tert-OH is 3. The molecule has 1 saturated heterocycles. The molecule has 3 fully saturated rings. The first-order chi connectivity index (χ1) is 16.7. The Hall–Kier alpha value is -2.16. The van der Waals surface area contributed by atoms with Crippen LogP contribution in [0.2, 0.25) is 0 Å². The van der Waals surface area contributed by atoms with Gasteiger partial charge in [-0.2, -0.15) is 0 Å². The van der Waals surface area contributed by atoms with E-state index in [4.69, 9.17) is 4.74 Å². The van der Waals surface area contributed by atoms with Crippen LogP contribution in [0.3, 0.4) is 0 Å². The van der Waals surface area contributed by atoms with Gasteiger partial charge in [-0.1, -0.05) is 32.0 Å². The Balaban J connectivity index is 1.50. The summed E-state index contributed by atoms with van der Waals surface area (Å²) in [5.41, 5.74) is -0.426. The maximum absolute atomic E-state index is 13.2. The molecular weight excluding hydrogens is 448 g/mol. The predicted octanol–water partition coefficient (Wildman–Crippen LogP) is 3.16. The van der Waals surface area contributed by atoms with Gasteiger partial charge in [0.1, 0.15) is 6.10 Å². The zero-order valence-electron chi connectivity index (χ0n) is 20.9. The fraction of sp³-hybridized carbons (Fsp3) is 0.704. The van der Waals surface area contributed by atoms with Gasteiger partial charge in [0, 0.05) is 24.1 Å². The van der Waals surface area contributed by atoms with E-state index in [1.807, 2.05) is 25.1 Å². The number of hydrogen-bond donors (Lipinski definition) is 4. The molecule has 0 aromatic heterocycles. The summed E-state index contributed by atoms with van der Waals surface area (Å²) in [6.07, 6.45) is 2.78. The monoisotopic (exact) mass is 488 g/mol. The number of benzene rings is 1. The summed E-state index contributed by atoms with van der Waals surface area (Å²) >= 11 is 0. The molecule has 8 heteroatoms. The van der Waals surface area contributed by atoms with E-state index < -0.39 is 23.7 Å². The molecule has 0 spiro atoms. The molecule has 4 N–H and O–H groups in total. The van der Waals surface area contributed by atoms with Crippen molar-refractivity contribution in [2.24, 2.45) is 22.7 Å². The molecule has 194 valence electrons. The normalized spacial score (nSPS) is 36.9. The molecule has 1 aromatic rings. The first kappa shape index (κ1) is 25.9. The first-order valence-corrected chi connectivity index (χ1v) is 12.9. The third-order valence-corrected chi connectivity index (χ3v) is 9.25. The summed E-state index contributed by atoms with van der Waals surface area (Å²) in [6.45, 7) is 4.55. The lowest BCUT2D eigenvalue weighted by molar-refractivity contribution is -0.186. The number of amides is 2. The van der Waals surface area contributed by atoms with Gasteiger partial charge in [0.25, 0.3) is 0 Å². The van der Waals surface area contributed by atoms with Crippen LogP contribution in [0, 0.1) is 22.7 Å². The molecular formula is C27H40N2O6. The smallest absolute Gasteiger partial charge is 0.411 e. The fourth-order valence-electron chi connectivity index (χ4n) is 7.24. The van der Waals surface area contributed by atoms with Gasteiger partial charge in [-0.25, -0.2) is 4.79 Å². The highest BCUT2D eigenvalue weighted by Gasteiger charge is 2.60. The Labute approximate surface area is 207 Å². The molecule has 1 aromatic carbocycles. The van der Waals surface area contributed by atoms with Crippen molar-refractivity contribution in [2.45, 2.75) is 77.0 Å². The SMILES string of the molecule is C[C@]1(CO)[C@H]2CC[C@@H](O)[C@@H](CC(=O)N3CCC[C@H]3CO)[C@]2(C)CC[C@H]1OC(=O)Nc1ccccc1. The van der Waals surface area contributed by atoms with Crippen LogP contribution in [-0.4, -0.2) is 70.2 Å². The summed E-state index contributed by atoms with van der Waals surface area (Å²) in [5, 5.41) is 34.0. The summed E-state index contributed by atoms with van der Waals surface area (Å²) in [4.78, 5) is 27.7. The van der Waals surface area contributed by atoms with Gasteiger partial charge in [-0.15, -0.1) is 0 Å². The van der Waals surface area contributed by atoms with E-state index in [1.165, 1.54) is 0 Å². The van der Waals surface area contributed by atoms with Gasteiger partial charge in [0.15, 0.2) is 0 Å². The van der Waals surface area contributed by atoms with Crippen molar-refractivity contribution in [3.05, 3.63) is 30.3 Å². The zero-order chi connectivity index (χ0) is 25.2. The van der Waals surface area contributed by atoms with Crippen molar-refractivity contribution in [3.8, 4) is 0 Å². The average molecular weight is 489 g/mol. The highest BCUT2D eigenvalue weighted by Crippen LogP contribution is 2.61. The Morgan fingerprint density at radius 3 is 2.54 bits per heavy atom. The largest absolute Gasteiger partial charge is 0.445 e.